The van der Waals surface area contributed by atoms with Crippen LogP contribution in [0.2, 0.25) is 0 Å². The number of nitrogens with zero attached hydrogens (tertiary/aromatic N) is 4. The van der Waals surface area contributed by atoms with Crippen molar-refractivity contribution in [1.29, 1.82) is 0 Å². The van der Waals surface area contributed by atoms with Crippen LogP contribution in [0.1, 0.15) is 21.8 Å². The number of hydrogen-bond donors (Lipinski definition) is 0. The molecule has 1 amide bonds. The van der Waals surface area contributed by atoms with Crippen molar-refractivity contribution >= 4 is 21.6 Å². The summed E-state index contributed by atoms with van der Waals surface area (Å²) in [6.45, 7) is 1.89. The van der Waals surface area contributed by atoms with Crippen molar-refractivity contribution < 1.29 is 22.5 Å². The van der Waals surface area contributed by atoms with Crippen LogP contribution in [-0.4, -0.2) is 56.8 Å². The zero-order valence-corrected chi connectivity index (χ0v) is 18.8. The molecule has 0 saturated heterocycles. The molecule has 0 aliphatic heterocycles. The van der Waals surface area contributed by atoms with E-state index < -0.39 is 10.0 Å². The van der Waals surface area contributed by atoms with E-state index in [1.54, 1.807) is 51.4 Å². The van der Waals surface area contributed by atoms with E-state index in [-0.39, 0.29) is 12.5 Å². The summed E-state index contributed by atoms with van der Waals surface area (Å²) < 4.78 is 35.1. The Morgan fingerprint density at radius 3 is 2.39 bits per heavy atom. The van der Waals surface area contributed by atoms with Gasteiger partial charge in [0.2, 0.25) is 21.7 Å². The molecule has 10 heteroatoms. The first-order valence-corrected chi connectivity index (χ1v) is 11.2. The smallest absolute Gasteiger partial charge is 0.254 e. The molecular formula is C21H24N4O5S. The second-order valence-electron chi connectivity index (χ2n) is 7.13. The lowest BCUT2D eigenvalue weighted by atomic mass is 10.1. The SMILES string of the molecule is COc1ccc(-c2noc(CN(C)C(=O)c3ccc(N(C)S(C)(=O)=O)c(C)c3)n2)cc1. The number of carbonyl (C=O) groups is 1. The monoisotopic (exact) mass is 444 g/mol. The summed E-state index contributed by atoms with van der Waals surface area (Å²) >= 11 is 0. The first-order valence-electron chi connectivity index (χ1n) is 9.37. The van der Waals surface area contributed by atoms with Gasteiger partial charge in [0.25, 0.3) is 5.91 Å². The third kappa shape index (κ3) is 5.02. The van der Waals surface area contributed by atoms with Gasteiger partial charge in [0.15, 0.2) is 0 Å². The molecule has 0 N–H and O–H groups in total. The van der Waals surface area contributed by atoms with Gasteiger partial charge in [-0.1, -0.05) is 5.16 Å². The van der Waals surface area contributed by atoms with Crippen molar-refractivity contribution in [3.8, 4) is 17.1 Å². The summed E-state index contributed by atoms with van der Waals surface area (Å²) in [5.41, 5.74) is 2.39. The normalized spacial score (nSPS) is 11.3. The second kappa shape index (κ2) is 8.76. The van der Waals surface area contributed by atoms with Gasteiger partial charge >= 0.3 is 0 Å². The van der Waals surface area contributed by atoms with Gasteiger partial charge < -0.3 is 14.2 Å². The van der Waals surface area contributed by atoms with Crippen LogP contribution in [0, 0.1) is 6.92 Å². The Balaban J connectivity index is 1.72. The molecule has 0 aliphatic carbocycles. The van der Waals surface area contributed by atoms with Gasteiger partial charge in [0.05, 0.1) is 25.6 Å². The molecule has 0 spiro atoms. The standard InChI is InChI=1S/C21H24N4O5S/c1-14-12-16(8-11-18(14)25(3)31(5,27)28)21(26)24(2)13-19-22-20(23-30-19)15-6-9-17(29-4)10-7-15/h6-12H,13H2,1-5H3. The van der Waals surface area contributed by atoms with Crippen LogP contribution >= 0.6 is 0 Å². The lowest BCUT2D eigenvalue weighted by molar-refractivity contribution is 0.0769. The fourth-order valence-corrected chi connectivity index (χ4v) is 3.55. The number of amides is 1. The number of hydrogen-bond acceptors (Lipinski definition) is 7. The highest BCUT2D eigenvalue weighted by Crippen LogP contribution is 2.23. The summed E-state index contributed by atoms with van der Waals surface area (Å²) in [6.07, 6.45) is 1.13. The lowest BCUT2D eigenvalue weighted by Gasteiger charge is -2.20. The molecule has 0 atom stereocenters. The minimum atomic E-state index is -3.39. The van der Waals surface area contributed by atoms with Crippen molar-refractivity contribution in [2.75, 3.05) is 31.8 Å². The number of methoxy groups -OCH3 is 1. The van der Waals surface area contributed by atoms with Gasteiger partial charge in [0, 0.05) is 25.2 Å². The zero-order chi connectivity index (χ0) is 22.8. The van der Waals surface area contributed by atoms with E-state index in [4.69, 9.17) is 9.26 Å². The summed E-state index contributed by atoms with van der Waals surface area (Å²) in [5.74, 6) is 1.19. The second-order valence-corrected chi connectivity index (χ2v) is 9.15. The summed E-state index contributed by atoms with van der Waals surface area (Å²) in [4.78, 5) is 18.6. The van der Waals surface area contributed by atoms with Gasteiger partial charge in [-0.25, -0.2) is 8.42 Å². The highest BCUT2D eigenvalue weighted by atomic mass is 32.2. The maximum Gasteiger partial charge on any atom is 0.254 e. The number of aryl methyl sites for hydroxylation is 1. The Kier molecular flexibility index (Phi) is 6.30. The van der Waals surface area contributed by atoms with E-state index in [9.17, 15) is 13.2 Å². The van der Waals surface area contributed by atoms with Crippen molar-refractivity contribution in [3.63, 3.8) is 0 Å². The zero-order valence-electron chi connectivity index (χ0n) is 18.0. The maximum atomic E-state index is 12.8. The fraction of sp³-hybridized carbons (Fsp3) is 0.286. The molecule has 1 aromatic heterocycles. The highest BCUT2D eigenvalue weighted by Gasteiger charge is 2.19. The highest BCUT2D eigenvalue weighted by molar-refractivity contribution is 7.92. The number of rotatable bonds is 7. The van der Waals surface area contributed by atoms with Crippen molar-refractivity contribution in [2.24, 2.45) is 0 Å². The van der Waals surface area contributed by atoms with Gasteiger partial charge in [-0.3, -0.25) is 9.10 Å². The number of benzene rings is 2. The Hall–Kier alpha value is -3.40. The largest absolute Gasteiger partial charge is 0.497 e. The quantitative estimate of drug-likeness (QED) is 0.552. The number of aromatic nitrogens is 2. The molecule has 2 aromatic carbocycles. The average Bonchev–Trinajstić information content (AvgIpc) is 3.20. The Bertz CT molecular complexity index is 1190. The molecule has 164 valence electrons. The van der Waals surface area contributed by atoms with Crippen LogP contribution in [0.15, 0.2) is 47.0 Å². The molecule has 9 nitrogen and oxygen atoms in total. The molecule has 31 heavy (non-hydrogen) atoms. The lowest BCUT2D eigenvalue weighted by Crippen LogP contribution is -2.27. The molecule has 0 aliphatic rings. The van der Waals surface area contributed by atoms with Gasteiger partial charge in [0.1, 0.15) is 5.75 Å². The molecule has 0 fully saturated rings. The first-order chi connectivity index (χ1) is 14.6. The van der Waals surface area contributed by atoms with Crippen LogP contribution in [0.4, 0.5) is 5.69 Å². The van der Waals surface area contributed by atoms with Crippen LogP contribution in [0.25, 0.3) is 11.4 Å². The number of ether oxygens (including phenoxy) is 1. The Morgan fingerprint density at radius 2 is 1.81 bits per heavy atom. The molecular weight excluding hydrogens is 420 g/mol. The van der Waals surface area contributed by atoms with E-state index >= 15 is 0 Å². The Labute approximate surface area is 181 Å². The van der Waals surface area contributed by atoms with E-state index in [1.807, 2.05) is 12.1 Å². The van der Waals surface area contributed by atoms with Crippen molar-refractivity contribution in [3.05, 3.63) is 59.5 Å². The Morgan fingerprint density at radius 1 is 1.13 bits per heavy atom. The molecule has 0 unspecified atom stereocenters. The molecule has 0 saturated carbocycles. The summed E-state index contributed by atoms with van der Waals surface area (Å²) in [6, 6.07) is 12.1. The van der Waals surface area contributed by atoms with E-state index in [2.05, 4.69) is 10.1 Å². The summed E-state index contributed by atoms with van der Waals surface area (Å²) in [5, 5.41) is 3.97. The van der Waals surface area contributed by atoms with Gasteiger partial charge in [-0.15, -0.1) is 0 Å². The van der Waals surface area contributed by atoms with E-state index in [0.29, 0.717) is 28.5 Å². The minimum Gasteiger partial charge on any atom is -0.497 e. The van der Waals surface area contributed by atoms with Crippen LogP contribution in [-0.2, 0) is 16.6 Å². The van der Waals surface area contributed by atoms with Gasteiger partial charge in [-0.05, 0) is 55.0 Å². The summed E-state index contributed by atoms with van der Waals surface area (Å²) in [7, 11) is 1.30. The number of carbonyl (C=O) groups excluding carboxylic acids is 1. The maximum absolute atomic E-state index is 12.8. The number of anilines is 1. The van der Waals surface area contributed by atoms with Crippen molar-refractivity contribution in [1.82, 2.24) is 15.0 Å². The third-order valence-corrected chi connectivity index (χ3v) is 6.01. The molecule has 3 aromatic rings. The molecule has 0 radical (unpaired) electrons. The fourth-order valence-electron chi connectivity index (χ4n) is 2.99. The predicted octanol–water partition coefficient (Wildman–Crippen LogP) is 2.72. The third-order valence-electron chi connectivity index (χ3n) is 4.82. The topological polar surface area (TPSA) is 106 Å². The molecule has 3 rings (SSSR count). The van der Waals surface area contributed by atoms with Crippen LogP contribution < -0.4 is 9.04 Å². The average molecular weight is 445 g/mol. The predicted molar refractivity (Wildman–Crippen MR) is 117 cm³/mol. The molecule has 1 heterocycles. The van der Waals surface area contributed by atoms with E-state index in [1.165, 1.54) is 16.3 Å². The first kappa shape index (κ1) is 22.3. The van der Waals surface area contributed by atoms with Gasteiger partial charge in [-0.2, -0.15) is 4.98 Å². The van der Waals surface area contributed by atoms with Crippen LogP contribution in [0.3, 0.4) is 0 Å². The molecule has 0 bridgehead atoms. The van der Waals surface area contributed by atoms with E-state index in [0.717, 1.165) is 17.6 Å². The minimum absolute atomic E-state index is 0.131. The van der Waals surface area contributed by atoms with Crippen molar-refractivity contribution in [2.45, 2.75) is 13.5 Å². The van der Waals surface area contributed by atoms with Crippen LogP contribution in [0.5, 0.6) is 5.75 Å². The number of sulfonamides is 1.